The van der Waals surface area contributed by atoms with Gasteiger partial charge in [-0.15, -0.1) is 0 Å². The molecule has 1 atom stereocenters. The Bertz CT molecular complexity index is 201. The first-order valence-electron chi connectivity index (χ1n) is 6.15. The van der Waals surface area contributed by atoms with Gasteiger partial charge in [-0.25, -0.2) is 0 Å². The van der Waals surface area contributed by atoms with Crippen molar-refractivity contribution in [1.82, 2.24) is 4.90 Å². The molecule has 0 rings (SSSR count). The van der Waals surface area contributed by atoms with Gasteiger partial charge >= 0.3 is 5.97 Å². The topological polar surface area (TPSA) is 29.5 Å². The number of thiol groups is 2. The SMILES string of the molecule is CN(C)CCOC(=O)CCCCC(S)CCS. The molecule has 0 heterocycles. The Balaban J connectivity index is 3.33. The zero-order valence-corrected chi connectivity index (χ0v) is 12.7. The van der Waals surface area contributed by atoms with Crippen molar-refractivity contribution in [3.05, 3.63) is 0 Å². The minimum atomic E-state index is -0.0863. The Morgan fingerprint density at radius 2 is 2.00 bits per heavy atom. The molecule has 0 aromatic rings. The van der Waals surface area contributed by atoms with Gasteiger partial charge in [0.2, 0.25) is 0 Å². The molecule has 0 aromatic heterocycles. The molecule has 0 aliphatic rings. The van der Waals surface area contributed by atoms with Crippen molar-refractivity contribution < 1.29 is 9.53 Å². The van der Waals surface area contributed by atoms with Crippen molar-refractivity contribution in [3.8, 4) is 0 Å². The second kappa shape index (κ2) is 11.2. The van der Waals surface area contributed by atoms with Gasteiger partial charge < -0.3 is 9.64 Å². The van der Waals surface area contributed by atoms with Crippen molar-refractivity contribution in [1.29, 1.82) is 0 Å². The number of carbonyl (C=O) groups is 1. The standard InChI is InChI=1S/C12H25NO2S2/c1-13(2)8-9-15-12(14)6-4-3-5-11(17)7-10-16/h11,16-17H,3-10H2,1-2H3. The molecule has 0 aliphatic carbocycles. The van der Waals surface area contributed by atoms with Crippen LogP contribution < -0.4 is 0 Å². The Labute approximate surface area is 116 Å². The van der Waals surface area contributed by atoms with Crippen LogP contribution >= 0.6 is 25.3 Å². The quantitative estimate of drug-likeness (QED) is 0.365. The number of nitrogens with zero attached hydrogens (tertiary/aromatic N) is 1. The van der Waals surface area contributed by atoms with Crippen molar-refractivity contribution in [2.45, 2.75) is 37.4 Å². The van der Waals surface area contributed by atoms with Crippen molar-refractivity contribution in [2.75, 3.05) is 33.0 Å². The fourth-order valence-corrected chi connectivity index (χ4v) is 2.18. The Kier molecular flexibility index (Phi) is 11.3. The number of likely N-dealkylation sites (N-methyl/N-ethyl adjacent to an activating group) is 1. The van der Waals surface area contributed by atoms with E-state index in [2.05, 4.69) is 25.3 Å². The maximum atomic E-state index is 11.3. The largest absolute Gasteiger partial charge is 0.464 e. The lowest BCUT2D eigenvalue weighted by molar-refractivity contribution is -0.144. The van der Waals surface area contributed by atoms with Crippen LogP contribution in [-0.4, -0.2) is 49.1 Å². The fraction of sp³-hybridized carbons (Fsp3) is 0.917. The van der Waals surface area contributed by atoms with Gasteiger partial charge in [-0.05, 0) is 39.1 Å². The maximum absolute atomic E-state index is 11.3. The van der Waals surface area contributed by atoms with Crippen LogP contribution in [0.2, 0.25) is 0 Å². The van der Waals surface area contributed by atoms with E-state index in [-0.39, 0.29) is 5.97 Å². The highest BCUT2D eigenvalue weighted by molar-refractivity contribution is 7.81. The summed E-state index contributed by atoms with van der Waals surface area (Å²) in [5, 5.41) is 0.414. The molecular weight excluding hydrogens is 254 g/mol. The molecule has 0 N–H and O–H groups in total. The highest BCUT2D eigenvalue weighted by Crippen LogP contribution is 2.12. The van der Waals surface area contributed by atoms with Crippen LogP contribution in [0.25, 0.3) is 0 Å². The summed E-state index contributed by atoms with van der Waals surface area (Å²) in [4.78, 5) is 13.3. The minimum absolute atomic E-state index is 0.0863. The number of hydrogen-bond acceptors (Lipinski definition) is 5. The summed E-state index contributed by atoms with van der Waals surface area (Å²) in [5.41, 5.74) is 0. The van der Waals surface area contributed by atoms with Crippen LogP contribution in [0.15, 0.2) is 0 Å². The summed E-state index contributed by atoms with van der Waals surface area (Å²) in [7, 11) is 3.92. The summed E-state index contributed by atoms with van der Waals surface area (Å²) in [6.07, 6.45) is 4.53. The molecule has 0 saturated heterocycles. The monoisotopic (exact) mass is 279 g/mol. The van der Waals surface area contributed by atoms with E-state index in [0.29, 0.717) is 18.3 Å². The average Bonchev–Trinajstić information content (AvgIpc) is 2.24. The third kappa shape index (κ3) is 12.4. The molecule has 3 nitrogen and oxygen atoms in total. The highest BCUT2D eigenvalue weighted by atomic mass is 32.1. The van der Waals surface area contributed by atoms with Crippen LogP contribution in [0.4, 0.5) is 0 Å². The maximum Gasteiger partial charge on any atom is 0.305 e. The van der Waals surface area contributed by atoms with Gasteiger partial charge in [-0.2, -0.15) is 25.3 Å². The van der Waals surface area contributed by atoms with Gasteiger partial charge in [0.05, 0.1) is 0 Å². The molecule has 0 aliphatic heterocycles. The molecule has 17 heavy (non-hydrogen) atoms. The van der Waals surface area contributed by atoms with E-state index in [4.69, 9.17) is 4.74 Å². The molecule has 0 saturated carbocycles. The van der Waals surface area contributed by atoms with E-state index in [1.165, 1.54) is 0 Å². The van der Waals surface area contributed by atoms with E-state index in [0.717, 1.165) is 38.0 Å². The number of hydrogen-bond donors (Lipinski definition) is 2. The van der Waals surface area contributed by atoms with E-state index in [1.807, 2.05) is 19.0 Å². The van der Waals surface area contributed by atoms with Gasteiger partial charge in [-0.1, -0.05) is 6.42 Å². The first-order chi connectivity index (χ1) is 8.06. The van der Waals surface area contributed by atoms with Gasteiger partial charge in [0.25, 0.3) is 0 Å². The van der Waals surface area contributed by atoms with Gasteiger partial charge in [0, 0.05) is 18.2 Å². The van der Waals surface area contributed by atoms with Gasteiger partial charge in [0.1, 0.15) is 6.61 Å². The first kappa shape index (κ1) is 17.1. The zero-order chi connectivity index (χ0) is 13.1. The summed E-state index contributed by atoms with van der Waals surface area (Å²) in [6.45, 7) is 1.27. The number of carbonyl (C=O) groups excluding carboxylic acids is 1. The van der Waals surface area contributed by atoms with Gasteiger partial charge in [0.15, 0.2) is 0 Å². The molecular formula is C12H25NO2S2. The normalized spacial score (nSPS) is 12.8. The Morgan fingerprint density at radius 3 is 2.59 bits per heavy atom. The molecule has 102 valence electrons. The lowest BCUT2D eigenvalue weighted by Gasteiger charge is -2.10. The van der Waals surface area contributed by atoms with E-state index in [1.54, 1.807) is 0 Å². The molecule has 0 fully saturated rings. The molecule has 1 unspecified atom stereocenters. The van der Waals surface area contributed by atoms with Gasteiger partial charge in [-0.3, -0.25) is 4.79 Å². The molecule has 0 radical (unpaired) electrons. The Hall–Kier alpha value is 0.130. The molecule has 0 amide bonds. The number of ether oxygens (including phenoxy) is 1. The number of unbranched alkanes of at least 4 members (excludes halogenated alkanes) is 1. The lowest BCUT2D eigenvalue weighted by atomic mass is 10.1. The minimum Gasteiger partial charge on any atom is -0.464 e. The third-order valence-corrected chi connectivity index (χ3v) is 3.21. The summed E-state index contributed by atoms with van der Waals surface area (Å²) < 4.78 is 5.10. The first-order valence-corrected chi connectivity index (χ1v) is 7.30. The smallest absolute Gasteiger partial charge is 0.305 e. The number of esters is 1. The average molecular weight is 279 g/mol. The predicted molar refractivity (Wildman–Crippen MR) is 79.2 cm³/mol. The summed E-state index contributed by atoms with van der Waals surface area (Å²) in [6, 6.07) is 0. The molecule has 0 aromatic carbocycles. The molecule has 5 heteroatoms. The van der Waals surface area contributed by atoms with Crippen LogP contribution in [0, 0.1) is 0 Å². The molecule has 0 bridgehead atoms. The fourth-order valence-electron chi connectivity index (χ4n) is 1.36. The van der Waals surface area contributed by atoms with Crippen LogP contribution in [0.1, 0.15) is 32.1 Å². The van der Waals surface area contributed by atoms with E-state index < -0.39 is 0 Å². The van der Waals surface area contributed by atoms with Crippen molar-refractivity contribution >= 4 is 31.2 Å². The molecule has 0 spiro atoms. The number of rotatable bonds is 10. The summed E-state index contributed by atoms with van der Waals surface area (Å²) >= 11 is 8.61. The Morgan fingerprint density at radius 1 is 1.29 bits per heavy atom. The van der Waals surface area contributed by atoms with Crippen LogP contribution in [-0.2, 0) is 9.53 Å². The lowest BCUT2D eigenvalue weighted by Crippen LogP contribution is -2.20. The second-order valence-corrected chi connectivity index (χ2v) is 5.61. The van der Waals surface area contributed by atoms with Crippen LogP contribution in [0.3, 0.4) is 0 Å². The highest BCUT2D eigenvalue weighted by Gasteiger charge is 2.05. The van der Waals surface area contributed by atoms with E-state index in [9.17, 15) is 4.79 Å². The van der Waals surface area contributed by atoms with E-state index >= 15 is 0 Å². The third-order valence-electron chi connectivity index (χ3n) is 2.43. The predicted octanol–water partition coefficient (Wildman–Crippen LogP) is 2.27. The summed E-state index contributed by atoms with van der Waals surface area (Å²) in [5.74, 6) is 0.789. The van der Waals surface area contributed by atoms with Crippen LogP contribution in [0.5, 0.6) is 0 Å². The van der Waals surface area contributed by atoms with Crippen molar-refractivity contribution in [3.63, 3.8) is 0 Å². The van der Waals surface area contributed by atoms with Crippen molar-refractivity contribution in [2.24, 2.45) is 0 Å². The second-order valence-electron chi connectivity index (χ2n) is 4.44. The zero-order valence-electron chi connectivity index (χ0n) is 10.9.